The molecular formula is C37H34N4O8. The van der Waals surface area contributed by atoms with Crippen LogP contribution in [-0.4, -0.2) is 63.9 Å². The van der Waals surface area contributed by atoms with Crippen LogP contribution in [0.4, 0.5) is 17.1 Å². The van der Waals surface area contributed by atoms with Gasteiger partial charge in [-0.05, 0) is 60.2 Å². The van der Waals surface area contributed by atoms with Crippen LogP contribution in [0.1, 0.15) is 26.5 Å². The predicted molar refractivity (Wildman–Crippen MR) is 184 cm³/mol. The third-order valence-corrected chi connectivity index (χ3v) is 8.58. The molecule has 0 atom stereocenters. The Morgan fingerprint density at radius 2 is 1.51 bits per heavy atom. The summed E-state index contributed by atoms with van der Waals surface area (Å²) in [7, 11) is 2.91. The highest BCUT2D eigenvalue weighted by atomic mass is 16.7. The summed E-state index contributed by atoms with van der Waals surface area (Å²) in [5.74, 6) is 0.800. The zero-order chi connectivity index (χ0) is 33.9. The van der Waals surface area contributed by atoms with Crippen LogP contribution in [0, 0.1) is 0 Å². The monoisotopic (exact) mass is 662 g/mol. The molecule has 1 saturated heterocycles. The van der Waals surface area contributed by atoms with Gasteiger partial charge in [-0.1, -0.05) is 18.2 Å². The van der Waals surface area contributed by atoms with E-state index in [1.54, 1.807) is 24.3 Å². The molecule has 3 heterocycles. The van der Waals surface area contributed by atoms with Crippen LogP contribution in [0.2, 0.25) is 0 Å². The first kappa shape index (κ1) is 31.6. The van der Waals surface area contributed by atoms with E-state index in [1.807, 2.05) is 36.4 Å². The third kappa shape index (κ3) is 6.72. The molecule has 0 aliphatic carbocycles. The minimum Gasteiger partial charge on any atom is -0.493 e. The number of ether oxygens (including phenoxy) is 4. The Kier molecular flexibility index (Phi) is 8.77. The lowest BCUT2D eigenvalue weighted by Crippen LogP contribution is -2.45. The molecule has 5 aromatic rings. The number of hydrogen-bond acceptors (Lipinski definition) is 10. The molecule has 12 heteroatoms. The lowest BCUT2D eigenvalue weighted by molar-refractivity contribution is 0.0997. The number of piperazine rings is 1. The molecule has 2 aliphatic heterocycles. The first-order valence-electron chi connectivity index (χ1n) is 15.8. The zero-order valence-corrected chi connectivity index (χ0v) is 27.0. The van der Waals surface area contributed by atoms with E-state index in [0.29, 0.717) is 22.6 Å². The van der Waals surface area contributed by atoms with E-state index in [9.17, 15) is 14.4 Å². The van der Waals surface area contributed by atoms with Crippen molar-refractivity contribution in [3.8, 4) is 23.0 Å². The van der Waals surface area contributed by atoms with E-state index in [2.05, 4.69) is 26.5 Å². The lowest BCUT2D eigenvalue weighted by Gasteiger charge is -2.36. The molecule has 250 valence electrons. The highest BCUT2D eigenvalue weighted by molar-refractivity contribution is 6.12. The maximum atomic E-state index is 13.6. The second kappa shape index (κ2) is 13.6. The van der Waals surface area contributed by atoms with Crippen molar-refractivity contribution in [3.63, 3.8) is 0 Å². The second-order valence-electron chi connectivity index (χ2n) is 11.6. The summed E-state index contributed by atoms with van der Waals surface area (Å²) >= 11 is 0. The molecule has 49 heavy (non-hydrogen) atoms. The topological polar surface area (TPSA) is 132 Å². The van der Waals surface area contributed by atoms with Crippen molar-refractivity contribution in [2.45, 2.75) is 6.54 Å². The van der Waals surface area contributed by atoms with Gasteiger partial charge in [0.25, 0.3) is 11.8 Å². The van der Waals surface area contributed by atoms with Crippen LogP contribution in [0.25, 0.3) is 11.0 Å². The van der Waals surface area contributed by atoms with Gasteiger partial charge in [-0.25, -0.2) is 0 Å². The fraction of sp³-hybridized carbons (Fsp3) is 0.216. The first-order valence-corrected chi connectivity index (χ1v) is 15.8. The van der Waals surface area contributed by atoms with Gasteiger partial charge in [-0.15, -0.1) is 0 Å². The van der Waals surface area contributed by atoms with Gasteiger partial charge in [0.05, 0.1) is 30.9 Å². The van der Waals surface area contributed by atoms with Gasteiger partial charge in [-0.3, -0.25) is 19.3 Å². The minimum absolute atomic E-state index is 0.122. The largest absolute Gasteiger partial charge is 0.493 e. The highest BCUT2D eigenvalue weighted by Gasteiger charge is 2.22. The molecule has 2 N–H and O–H groups in total. The number of carbonyl (C=O) groups is 2. The number of anilines is 3. The van der Waals surface area contributed by atoms with Crippen molar-refractivity contribution in [3.05, 3.63) is 112 Å². The molecule has 0 saturated carbocycles. The fourth-order valence-electron chi connectivity index (χ4n) is 5.99. The Morgan fingerprint density at radius 3 is 2.29 bits per heavy atom. The molecule has 4 aromatic carbocycles. The number of nitrogens with one attached hydrogen (secondary N) is 2. The second-order valence-corrected chi connectivity index (χ2v) is 11.6. The summed E-state index contributed by atoms with van der Waals surface area (Å²) in [6, 6.07) is 24.5. The Hall–Kier alpha value is -6.01. The summed E-state index contributed by atoms with van der Waals surface area (Å²) in [4.78, 5) is 44.2. The van der Waals surface area contributed by atoms with Crippen LogP contribution < -0.4 is 39.9 Å². The van der Waals surface area contributed by atoms with Crippen LogP contribution in [0.5, 0.6) is 23.0 Å². The van der Waals surface area contributed by atoms with Crippen molar-refractivity contribution in [2.75, 3.05) is 62.7 Å². The molecule has 1 aromatic heterocycles. The van der Waals surface area contributed by atoms with E-state index in [4.69, 9.17) is 23.4 Å². The normalized spacial score (nSPS) is 14.0. The third-order valence-electron chi connectivity index (χ3n) is 8.58. The highest BCUT2D eigenvalue weighted by Crippen LogP contribution is 2.35. The lowest BCUT2D eigenvalue weighted by atomic mass is 10.1. The van der Waals surface area contributed by atoms with Crippen molar-refractivity contribution in [2.24, 2.45) is 0 Å². The van der Waals surface area contributed by atoms with Crippen LogP contribution in [0.3, 0.4) is 0 Å². The van der Waals surface area contributed by atoms with Gasteiger partial charge < -0.3 is 38.9 Å². The summed E-state index contributed by atoms with van der Waals surface area (Å²) in [6.45, 7) is 4.64. The first-order chi connectivity index (χ1) is 23.9. The quantitative estimate of drug-likeness (QED) is 0.213. The molecule has 0 unspecified atom stereocenters. The van der Waals surface area contributed by atoms with E-state index < -0.39 is 11.8 Å². The number of hydrogen-bond donors (Lipinski definition) is 2. The summed E-state index contributed by atoms with van der Waals surface area (Å²) in [5, 5.41) is 5.97. The van der Waals surface area contributed by atoms with Crippen LogP contribution in [-0.2, 0) is 6.54 Å². The van der Waals surface area contributed by atoms with E-state index in [0.717, 1.165) is 56.0 Å². The van der Waals surface area contributed by atoms with Gasteiger partial charge in [0.2, 0.25) is 6.79 Å². The Labute approximate surface area is 281 Å². The van der Waals surface area contributed by atoms with Crippen molar-refractivity contribution in [1.29, 1.82) is 0 Å². The number of para-hydroxylation sites is 1. The zero-order valence-electron chi connectivity index (χ0n) is 27.0. The molecule has 2 aliphatic rings. The van der Waals surface area contributed by atoms with Crippen molar-refractivity contribution < 1.29 is 33.0 Å². The average molecular weight is 663 g/mol. The molecule has 0 radical (unpaired) electrons. The standard InChI is InChI=1S/C37H34N4O8/c1-45-32-18-27(28(19-33(32)46-2)39-37(44)35-20-29(42)26-5-3-4-6-30(26)49-35)36(43)38-24-8-10-25(11-9-24)41-15-13-40(14-16-41)21-23-7-12-31-34(17-23)48-22-47-31/h3-12,17-20H,13-16,21-22H2,1-2H3,(H,38,43)(H,39,44). The van der Waals surface area contributed by atoms with Crippen LogP contribution >= 0.6 is 0 Å². The van der Waals surface area contributed by atoms with Gasteiger partial charge in [-0.2, -0.15) is 0 Å². The van der Waals surface area contributed by atoms with Crippen molar-refractivity contribution >= 4 is 39.8 Å². The maximum absolute atomic E-state index is 13.6. The molecule has 12 nitrogen and oxygen atoms in total. The molecule has 2 amide bonds. The van der Waals surface area contributed by atoms with Gasteiger partial charge in [0.1, 0.15) is 5.58 Å². The average Bonchev–Trinajstić information content (AvgIpc) is 3.60. The Balaban J connectivity index is 1.02. The Morgan fingerprint density at radius 1 is 0.776 bits per heavy atom. The van der Waals surface area contributed by atoms with Gasteiger partial charge in [0.15, 0.2) is 34.2 Å². The predicted octanol–water partition coefficient (Wildman–Crippen LogP) is 5.37. The van der Waals surface area contributed by atoms with Gasteiger partial charge in [0, 0.05) is 56.2 Å². The number of rotatable bonds is 9. The summed E-state index contributed by atoms with van der Waals surface area (Å²) < 4.78 is 27.5. The SMILES string of the molecule is COc1cc(NC(=O)c2cc(=O)c3ccccc3o2)c(C(=O)Nc2ccc(N3CCN(Cc4ccc5c(c4)OCO5)CC3)cc2)cc1OC. The number of fused-ring (bicyclic) bond motifs is 2. The number of nitrogens with zero attached hydrogens (tertiary/aromatic N) is 2. The molecule has 1 fully saturated rings. The fourth-order valence-corrected chi connectivity index (χ4v) is 5.99. The number of benzene rings is 4. The summed E-state index contributed by atoms with van der Waals surface area (Å²) in [6.07, 6.45) is 0. The summed E-state index contributed by atoms with van der Waals surface area (Å²) in [5.41, 5.74) is 3.00. The number of carbonyl (C=O) groups excluding carboxylic acids is 2. The van der Waals surface area contributed by atoms with E-state index in [-0.39, 0.29) is 34.8 Å². The molecule has 0 spiro atoms. The van der Waals surface area contributed by atoms with E-state index in [1.165, 1.54) is 31.9 Å². The number of methoxy groups -OCH3 is 2. The van der Waals surface area contributed by atoms with Gasteiger partial charge >= 0.3 is 0 Å². The Bertz CT molecular complexity index is 2090. The van der Waals surface area contributed by atoms with E-state index >= 15 is 0 Å². The number of amides is 2. The maximum Gasteiger partial charge on any atom is 0.291 e. The molecule has 7 rings (SSSR count). The molecular weight excluding hydrogens is 628 g/mol. The smallest absolute Gasteiger partial charge is 0.291 e. The minimum atomic E-state index is -0.704. The van der Waals surface area contributed by atoms with Crippen molar-refractivity contribution in [1.82, 2.24) is 4.90 Å². The molecule has 0 bridgehead atoms. The van der Waals surface area contributed by atoms with Crippen LogP contribution in [0.15, 0.2) is 94.1 Å².